The smallest absolute Gasteiger partial charge is 0.243 e. The maximum Gasteiger partial charge on any atom is 0.243 e. The number of hydrogen-bond donors (Lipinski definition) is 2. The second-order valence-electron chi connectivity index (χ2n) is 6.83. The number of aryl methyl sites for hydroxylation is 1. The predicted octanol–water partition coefficient (Wildman–Crippen LogP) is 2.59. The summed E-state index contributed by atoms with van der Waals surface area (Å²) >= 11 is 12.1. The van der Waals surface area contributed by atoms with Crippen molar-refractivity contribution in [3.8, 4) is 0 Å². The first kappa shape index (κ1) is 21.8. The van der Waals surface area contributed by atoms with Crippen LogP contribution in [-0.2, 0) is 16.0 Å². The monoisotopic (exact) mass is 414 g/mol. The maximum absolute atomic E-state index is 11.8. The Morgan fingerprint density at radius 1 is 1.33 bits per heavy atom. The van der Waals surface area contributed by atoms with E-state index in [-0.39, 0.29) is 12.5 Å². The molecule has 1 unspecified atom stereocenters. The van der Waals surface area contributed by atoms with E-state index >= 15 is 0 Å². The lowest BCUT2D eigenvalue weighted by atomic mass is 10.1. The number of halogens is 2. The van der Waals surface area contributed by atoms with Gasteiger partial charge in [-0.1, -0.05) is 29.3 Å². The molecular weight excluding hydrogens is 387 g/mol. The summed E-state index contributed by atoms with van der Waals surface area (Å²) < 4.78 is 5.40. The van der Waals surface area contributed by atoms with Crippen molar-refractivity contribution in [2.45, 2.75) is 19.3 Å². The van der Waals surface area contributed by atoms with Crippen LogP contribution in [0.1, 0.15) is 18.4 Å². The van der Waals surface area contributed by atoms with Crippen molar-refractivity contribution >= 4 is 35.1 Å². The minimum absolute atomic E-state index is 0.0340. The molecule has 8 heteroatoms. The minimum atomic E-state index is -0.0340. The van der Waals surface area contributed by atoms with Gasteiger partial charge in [0.05, 0.1) is 6.61 Å². The third-order valence-electron chi connectivity index (χ3n) is 4.38. The molecule has 1 aliphatic rings. The van der Waals surface area contributed by atoms with Crippen LogP contribution in [0, 0.1) is 5.92 Å². The third kappa shape index (κ3) is 7.95. The van der Waals surface area contributed by atoms with Crippen molar-refractivity contribution in [1.82, 2.24) is 15.5 Å². The second-order valence-corrected chi connectivity index (χ2v) is 7.67. The van der Waals surface area contributed by atoms with Gasteiger partial charge in [0.25, 0.3) is 0 Å². The van der Waals surface area contributed by atoms with Gasteiger partial charge in [-0.2, -0.15) is 0 Å². The van der Waals surface area contributed by atoms with Gasteiger partial charge in [0, 0.05) is 49.8 Å². The van der Waals surface area contributed by atoms with Crippen LogP contribution < -0.4 is 10.6 Å². The van der Waals surface area contributed by atoms with Gasteiger partial charge in [0.2, 0.25) is 5.91 Å². The fourth-order valence-corrected chi connectivity index (χ4v) is 3.16. The topological polar surface area (TPSA) is 66.0 Å². The highest BCUT2D eigenvalue weighted by molar-refractivity contribution is 6.35. The number of benzene rings is 1. The highest BCUT2D eigenvalue weighted by Crippen LogP contribution is 2.21. The zero-order valence-corrected chi connectivity index (χ0v) is 17.4. The molecular formula is C19H28Cl2N4O2. The first-order valence-electron chi connectivity index (χ1n) is 9.19. The molecule has 2 N–H and O–H groups in total. The molecule has 1 aromatic rings. The lowest BCUT2D eigenvalue weighted by molar-refractivity contribution is -0.127. The van der Waals surface area contributed by atoms with E-state index in [1.807, 2.05) is 12.1 Å². The summed E-state index contributed by atoms with van der Waals surface area (Å²) in [6.07, 6.45) is 2.77. The van der Waals surface area contributed by atoms with E-state index in [1.54, 1.807) is 20.2 Å². The highest BCUT2D eigenvalue weighted by atomic mass is 35.5. The number of likely N-dealkylation sites (N-methyl/N-ethyl adjacent to an activating group) is 1. The number of nitrogens with zero attached hydrogens (tertiary/aromatic N) is 2. The molecule has 0 saturated carbocycles. The van der Waals surface area contributed by atoms with Gasteiger partial charge < -0.3 is 20.3 Å². The average Bonchev–Trinajstić information content (AvgIpc) is 3.14. The van der Waals surface area contributed by atoms with Crippen LogP contribution in [0.4, 0.5) is 0 Å². The summed E-state index contributed by atoms with van der Waals surface area (Å²) in [6.45, 7) is 3.21. The van der Waals surface area contributed by atoms with E-state index in [4.69, 9.17) is 27.9 Å². The number of guanidine groups is 1. The Hall–Kier alpha value is -1.50. The number of amides is 1. The fraction of sp³-hybridized carbons (Fsp3) is 0.579. The molecule has 0 aromatic heterocycles. The summed E-state index contributed by atoms with van der Waals surface area (Å²) in [4.78, 5) is 17.7. The number of aliphatic imine (C=N–C) groups is 1. The maximum atomic E-state index is 11.8. The fourth-order valence-electron chi connectivity index (χ4n) is 2.66. The van der Waals surface area contributed by atoms with Crippen molar-refractivity contribution in [2.75, 3.05) is 46.9 Å². The van der Waals surface area contributed by atoms with E-state index in [9.17, 15) is 4.79 Å². The molecule has 1 heterocycles. The zero-order valence-electron chi connectivity index (χ0n) is 15.9. The normalized spacial score (nSPS) is 17.0. The summed E-state index contributed by atoms with van der Waals surface area (Å²) in [7, 11) is 3.45. The molecule has 0 bridgehead atoms. The SMILES string of the molecule is CN(C)C(=O)CN=C(NCCCc1ccc(Cl)cc1Cl)NCC1CCOC1. The molecule has 1 atom stereocenters. The molecule has 0 aliphatic carbocycles. The van der Waals surface area contributed by atoms with Gasteiger partial charge in [0.1, 0.15) is 6.54 Å². The van der Waals surface area contributed by atoms with Crippen LogP contribution in [-0.4, -0.2) is 63.7 Å². The van der Waals surface area contributed by atoms with Gasteiger partial charge in [-0.05, 0) is 37.0 Å². The molecule has 150 valence electrons. The number of rotatable bonds is 8. The number of carbonyl (C=O) groups excluding carboxylic acids is 1. The second kappa shape index (κ2) is 11.4. The van der Waals surface area contributed by atoms with Crippen LogP contribution in [0.25, 0.3) is 0 Å². The van der Waals surface area contributed by atoms with E-state index in [1.165, 1.54) is 4.90 Å². The summed E-state index contributed by atoms with van der Waals surface area (Å²) in [5.41, 5.74) is 1.07. The van der Waals surface area contributed by atoms with E-state index < -0.39 is 0 Å². The molecule has 27 heavy (non-hydrogen) atoms. The number of carbonyl (C=O) groups is 1. The van der Waals surface area contributed by atoms with Crippen molar-refractivity contribution in [3.63, 3.8) is 0 Å². The Morgan fingerprint density at radius 3 is 2.81 bits per heavy atom. The Bertz CT molecular complexity index is 647. The summed E-state index contributed by atoms with van der Waals surface area (Å²) in [6, 6.07) is 5.56. The van der Waals surface area contributed by atoms with Crippen LogP contribution in [0.3, 0.4) is 0 Å². The zero-order chi connectivity index (χ0) is 19.6. The van der Waals surface area contributed by atoms with Crippen LogP contribution >= 0.6 is 23.2 Å². The van der Waals surface area contributed by atoms with Crippen molar-refractivity contribution in [2.24, 2.45) is 10.9 Å². The Labute approximate surface area is 171 Å². The average molecular weight is 415 g/mol. The highest BCUT2D eigenvalue weighted by Gasteiger charge is 2.16. The van der Waals surface area contributed by atoms with Crippen LogP contribution in [0.5, 0.6) is 0 Å². The van der Waals surface area contributed by atoms with E-state index in [2.05, 4.69) is 15.6 Å². The van der Waals surface area contributed by atoms with E-state index in [0.29, 0.717) is 21.9 Å². The third-order valence-corrected chi connectivity index (χ3v) is 4.97. The van der Waals surface area contributed by atoms with Gasteiger partial charge in [-0.3, -0.25) is 4.79 Å². The number of ether oxygens (including phenoxy) is 1. The lowest BCUT2D eigenvalue weighted by Gasteiger charge is -2.16. The molecule has 0 spiro atoms. The predicted molar refractivity (Wildman–Crippen MR) is 111 cm³/mol. The van der Waals surface area contributed by atoms with Gasteiger partial charge in [-0.15, -0.1) is 0 Å². The molecule has 1 aromatic carbocycles. The molecule has 1 amide bonds. The molecule has 1 saturated heterocycles. The summed E-state index contributed by atoms with van der Waals surface area (Å²) in [5, 5.41) is 7.94. The van der Waals surface area contributed by atoms with Crippen LogP contribution in [0.15, 0.2) is 23.2 Å². The molecule has 2 rings (SSSR count). The standard InChI is InChI=1S/C19H28Cl2N4O2/c1-25(2)18(26)12-24-19(23-11-14-7-9-27-13-14)22-8-3-4-15-5-6-16(20)10-17(15)21/h5-6,10,14H,3-4,7-9,11-13H2,1-2H3,(H2,22,23,24). The van der Waals surface area contributed by atoms with Gasteiger partial charge in [0.15, 0.2) is 5.96 Å². The van der Waals surface area contributed by atoms with Gasteiger partial charge >= 0.3 is 0 Å². The molecule has 0 radical (unpaired) electrons. The first-order valence-corrected chi connectivity index (χ1v) is 9.95. The van der Waals surface area contributed by atoms with Crippen molar-refractivity contribution < 1.29 is 9.53 Å². The Kier molecular flexibility index (Phi) is 9.18. The van der Waals surface area contributed by atoms with E-state index in [0.717, 1.165) is 51.1 Å². The minimum Gasteiger partial charge on any atom is -0.381 e. The van der Waals surface area contributed by atoms with Gasteiger partial charge in [-0.25, -0.2) is 4.99 Å². The number of hydrogen-bond acceptors (Lipinski definition) is 3. The van der Waals surface area contributed by atoms with Crippen molar-refractivity contribution in [1.29, 1.82) is 0 Å². The largest absolute Gasteiger partial charge is 0.381 e. The molecule has 1 aliphatic heterocycles. The van der Waals surface area contributed by atoms with Crippen LogP contribution in [0.2, 0.25) is 10.0 Å². The van der Waals surface area contributed by atoms with Crippen molar-refractivity contribution in [3.05, 3.63) is 33.8 Å². The number of nitrogens with one attached hydrogen (secondary N) is 2. The molecule has 6 nitrogen and oxygen atoms in total. The molecule has 1 fully saturated rings. The summed E-state index contributed by atoms with van der Waals surface area (Å²) in [5.74, 6) is 1.10. The first-order chi connectivity index (χ1) is 13.0. The Balaban J connectivity index is 1.82. The quantitative estimate of drug-likeness (QED) is 0.389. The Morgan fingerprint density at radius 2 is 2.15 bits per heavy atom. The lowest BCUT2D eigenvalue weighted by Crippen LogP contribution is -2.41.